The summed E-state index contributed by atoms with van der Waals surface area (Å²) in [5.41, 5.74) is 0.535. The Labute approximate surface area is 122 Å². The maximum absolute atomic E-state index is 12.1. The van der Waals surface area contributed by atoms with Crippen molar-refractivity contribution in [3.63, 3.8) is 0 Å². The van der Waals surface area contributed by atoms with Crippen LogP contribution in [0.25, 0.3) is 0 Å². The standard InChI is InChI=1S/C16H14N2O3/c1-2-13-15(14(19)8-10-18(13)11-9-17)21-16(20)12-6-4-3-5-7-12/h3-8,10H,2,11H2,1H3. The zero-order chi connectivity index (χ0) is 15.2. The number of carbonyl (C=O) groups excluding carboxylic acids is 1. The van der Waals surface area contributed by atoms with Crippen LogP contribution in [0.15, 0.2) is 47.4 Å². The molecule has 0 radical (unpaired) electrons. The van der Waals surface area contributed by atoms with E-state index in [2.05, 4.69) is 0 Å². The minimum atomic E-state index is -0.586. The maximum atomic E-state index is 12.1. The summed E-state index contributed by atoms with van der Waals surface area (Å²) >= 11 is 0. The lowest BCUT2D eigenvalue weighted by Gasteiger charge is -2.13. The van der Waals surface area contributed by atoms with Gasteiger partial charge in [0.15, 0.2) is 5.75 Å². The molecule has 106 valence electrons. The first kappa shape index (κ1) is 14.5. The van der Waals surface area contributed by atoms with Crippen LogP contribution < -0.4 is 10.2 Å². The molecule has 1 aromatic heterocycles. The van der Waals surface area contributed by atoms with Crippen molar-refractivity contribution in [3.8, 4) is 11.8 Å². The van der Waals surface area contributed by atoms with Crippen molar-refractivity contribution >= 4 is 5.97 Å². The van der Waals surface area contributed by atoms with Crippen molar-refractivity contribution in [1.29, 1.82) is 5.26 Å². The van der Waals surface area contributed by atoms with Gasteiger partial charge in [0.05, 0.1) is 17.3 Å². The van der Waals surface area contributed by atoms with Crippen molar-refractivity contribution in [3.05, 3.63) is 64.1 Å². The summed E-state index contributed by atoms with van der Waals surface area (Å²) in [5.74, 6) is -0.596. The third kappa shape index (κ3) is 3.18. The van der Waals surface area contributed by atoms with E-state index >= 15 is 0 Å². The molecule has 0 spiro atoms. The molecular weight excluding hydrogens is 268 g/mol. The lowest BCUT2D eigenvalue weighted by molar-refractivity contribution is 0.0730. The number of esters is 1. The second-order valence-corrected chi connectivity index (χ2v) is 4.35. The number of ether oxygens (including phenoxy) is 1. The van der Waals surface area contributed by atoms with Crippen LogP contribution in [-0.4, -0.2) is 10.5 Å². The summed E-state index contributed by atoms with van der Waals surface area (Å²) in [6.07, 6.45) is 2.01. The van der Waals surface area contributed by atoms with Crippen LogP contribution in [-0.2, 0) is 13.0 Å². The number of aromatic nitrogens is 1. The Morgan fingerprint density at radius 1 is 1.29 bits per heavy atom. The molecule has 5 nitrogen and oxygen atoms in total. The van der Waals surface area contributed by atoms with E-state index in [1.165, 1.54) is 12.3 Å². The number of nitrogens with zero attached hydrogens (tertiary/aromatic N) is 2. The molecule has 5 heteroatoms. The molecular formula is C16H14N2O3. The largest absolute Gasteiger partial charge is 0.417 e. The van der Waals surface area contributed by atoms with E-state index in [-0.39, 0.29) is 17.7 Å². The van der Waals surface area contributed by atoms with Gasteiger partial charge in [-0.15, -0.1) is 0 Å². The number of nitriles is 1. The smallest absolute Gasteiger partial charge is 0.343 e. The molecule has 0 unspecified atom stereocenters. The Bertz CT molecular complexity index is 742. The van der Waals surface area contributed by atoms with Gasteiger partial charge in [-0.25, -0.2) is 4.79 Å². The van der Waals surface area contributed by atoms with E-state index in [1.807, 2.05) is 13.0 Å². The van der Waals surface area contributed by atoms with Crippen molar-refractivity contribution in [2.24, 2.45) is 0 Å². The van der Waals surface area contributed by atoms with Gasteiger partial charge in [-0.2, -0.15) is 5.26 Å². The molecule has 1 aromatic carbocycles. The molecule has 0 aliphatic heterocycles. The quantitative estimate of drug-likeness (QED) is 0.805. The molecule has 0 atom stereocenters. The molecule has 1 heterocycles. The van der Waals surface area contributed by atoms with Crippen molar-refractivity contribution in [1.82, 2.24) is 4.57 Å². The molecule has 0 aliphatic carbocycles. The molecule has 0 saturated heterocycles. The summed E-state index contributed by atoms with van der Waals surface area (Å²) in [5, 5.41) is 8.80. The summed E-state index contributed by atoms with van der Waals surface area (Å²) in [4.78, 5) is 24.0. The van der Waals surface area contributed by atoms with E-state index in [0.29, 0.717) is 17.7 Å². The second kappa shape index (κ2) is 6.53. The monoisotopic (exact) mass is 282 g/mol. The normalized spacial score (nSPS) is 9.90. The van der Waals surface area contributed by atoms with Gasteiger partial charge < -0.3 is 9.30 Å². The highest BCUT2D eigenvalue weighted by molar-refractivity contribution is 5.91. The second-order valence-electron chi connectivity index (χ2n) is 4.35. The molecule has 0 aliphatic rings. The van der Waals surface area contributed by atoms with Crippen LogP contribution in [0.5, 0.6) is 5.75 Å². The Balaban J connectivity index is 2.40. The van der Waals surface area contributed by atoms with Crippen LogP contribution in [0.4, 0.5) is 0 Å². The number of hydrogen-bond donors (Lipinski definition) is 0. The number of hydrogen-bond acceptors (Lipinski definition) is 4. The van der Waals surface area contributed by atoms with Gasteiger partial charge in [-0.05, 0) is 18.6 Å². The summed E-state index contributed by atoms with van der Waals surface area (Å²) < 4.78 is 6.86. The lowest BCUT2D eigenvalue weighted by Crippen LogP contribution is -2.20. The molecule has 2 rings (SSSR count). The van der Waals surface area contributed by atoms with E-state index in [9.17, 15) is 9.59 Å². The van der Waals surface area contributed by atoms with Crippen LogP contribution in [0.3, 0.4) is 0 Å². The van der Waals surface area contributed by atoms with Gasteiger partial charge in [-0.3, -0.25) is 4.79 Å². The van der Waals surface area contributed by atoms with Crippen LogP contribution >= 0.6 is 0 Å². The first-order valence-corrected chi connectivity index (χ1v) is 6.54. The van der Waals surface area contributed by atoms with Gasteiger partial charge in [0.2, 0.25) is 5.43 Å². The maximum Gasteiger partial charge on any atom is 0.343 e. The van der Waals surface area contributed by atoms with E-state index in [0.717, 1.165) is 0 Å². The van der Waals surface area contributed by atoms with Gasteiger partial charge in [0.25, 0.3) is 0 Å². The highest BCUT2D eigenvalue weighted by Gasteiger charge is 2.16. The highest BCUT2D eigenvalue weighted by atomic mass is 16.5. The van der Waals surface area contributed by atoms with E-state index < -0.39 is 5.97 Å². The topological polar surface area (TPSA) is 72.1 Å². The number of carbonyl (C=O) groups is 1. The first-order valence-electron chi connectivity index (χ1n) is 6.54. The van der Waals surface area contributed by atoms with Crippen molar-refractivity contribution in [2.45, 2.75) is 19.9 Å². The molecule has 21 heavy (non-hydrogen) atoms. The van der Waals surface area contributed by atoms with Gasteiger partial charge in [0.1, 0.15) is 6.54 Å². The Hall–Kier alpha value is -2.87. The van der Waals surface area contributed by atoms with Gasteiger partial charge in [0, 0.05) is 12.3 Å². The molecule has 2 aromatic rings. The third-order valence-electron chi connectivity index (χ3n) is 3.02. The Morgan fingerprint density at radius 2 is 2.00 bits per heavy atom. The molecule has 0 N–H and O–H groups in total. The molecule has 0 bridgehead atoms. The summed E-state index contributed by atoms with van der Waals surface area (Å²) in [6.45, 7) is 1.93. The van der Waals surface area contributed by atoms with Crippen LogP contribution in [0.2, 0.25) is 0 Å². The van der Waals surface area contributed by atoms with Crippen LogP contribution in [0.1, 0.15) is 23.0 Å². The highest BCUT2D eigenvalue weighted by Crippen LogP contribution is 2.16. The van der Waals surface area contributed by atoms with E-state index in [1.54, 1.807) is 34.9 Å². The average molecular weight is 282 g/mol. The van der Waals surface area contributed by atoms with Gasteiger partial charge in [-0.1, -0.05) is 25.1 Å². The van der Waals surface area contributed by atoms with E-state index in [4.69, 9.17) is 10.00 Å². The summed E-state index contributed by atoms with van der Waals surface area (Å²) in [6, 6.07) is 11.8. The molecule has 0 fully saturated rings. The fourth-order valence-electron chi connectivity index (χ4n) is 2.02. The van der Waals surface area contributed by atoms with Crippen molar-refractivity contribution < 1.29 is 9.53 Å². The molecule has 0 amide bonds. The predicted octanol–water partition coefficient (Wildman–Crippen LogP) is 2.15. The minimum Gasteiger partial charge on any atom is -0.417 e. The molecule has 0 saturated carbocycles. The number of pyridine rings is 1. The predicted molar refractivity (Wildman–Crippen MR) is 77.1 cm³/mol. The summed E-state index contributed by atoms with van der Waals surface area (Å²) in [7, 11) is 0. The number of benzene rings is 1. The van der Waals surface area contributed by atoms with Gasteiger partial charge >= 0.3 is 5.97 Å². The number of rotatable bonds is 4. The fraction of sp³-hybridized carbons (Fsp3) is 0.188. The Kier molecular flexibility index (Phi) is 4.52. The van der Waals surface area contributed by atoms with Crippen molar-refractivity contribution in [2.75, 3.05) is 0 Å². The lowest BCUT2D eigenvalue weighted by atomic mass is 10.2. The first-order chi connectivity index (χ1) is 10.2. The third-order valence-corrected chi connectivity index (χ3v) is 3.02. The average Bonchev–Trinajstić information content (AvgIpc) is 2.51. The Morgan fingerprint density at radius 3 is 2.62 bits per heavy atom. The minimum absolute atomic E-state index is 0.0101. The SMILES string of the molecule is CCc1c(OC(=O)c2ccccc2)c(=O)ccn1CC#N. The fourth-order valence-corrected chi connectivity index (χ4v) is 2.02. The van der Waals surface area contributed by atoms with Crippen LogP contribution in [0, 0.1) is 11.3 Å². The zero-order valence-electron chi connectivity index (χ0n) is 11.6. The zero-order valence-corrected chi connectivity index (χ0v) is 11.6.